The highest BCUT2D eigenvalue weighted by Crippen LogP contribution is 2.26. The summed E-state index contributed by atoms with van der Waals surface area (Å²) in [7, 11) is 0. The van der Waals surface area contributed by atoms with Crippen LogP contribution in [0.2, 0.25) is 20.1 Å². The minimum absolute atomic E-state index is 0.0983. The normalized spacial score (nSPS) is 9.77. The molecule has 10 heteroatoms. The van der Waals surface area contributed by atoms with E-state index >= 15 is 0 Å². The Kier molecular flexibility index (Phi) is 10.5. The SMILES string of the molecule is O=C(CCl)Nc1ccc(Cl)cc1Cl.O=C(CCl)Nc1ccc(Cl)cc1Cl. The van der Waals surface area contributed by atoms with Crippen molar-refractivity contribution in [1.82, 2.24) is 0 Å². The van der Waals surface area contributed by atoms with Crippen molar-refractivity contribution in [3.8, 4) is 0 Å². The number of alkyl halides is 2. The van der Waals surface area contributed by atoms with E-state index in [9.17, 15) is 9.59 Å². The number of halogens is 6. The second kappa shape index (κ2) is 11.8. The number of amides is 2. The summed E-state index contributed by atoms with van der Waals surface area (Å²) in [6.45, 7) is 0. The molecule has 0 heterocycles. The van der Waals surface area contributed by atoms with Gasteiger partial charge in [-0.2, -0.15) is 0 Å². The van der Waals surface area contributed by atoms with E-state index in [0.717, 1.165) is 0 Å². The van der Waals surface area contributed by atoms with Crippen molar-refractivity contribution in [2.75, 3.05) is 22.4 Å². The van der Waals surface area contributed by atoms with Crippen LogP contribution in [-0.2, 0) is 9.59 Å². The molecule has 0 spiro atoms. The molecule has 2 amide bonds. The van der Waals surface area contributed by atoms with Crippen LogP contribution in [0, 0.1) is 0 Å². The molecule has 0 saturated heterocycles. The number of hydrogen-bond donors (Lipinski definition) is 2. The number of rotatable bonds is 4. The zero-order valence-corrected chi connectivity index (χ0v) is 17.5. The van der Waals surface area contributed by atoms with Gasteiger partial charge in [0.25, 0.3) is 0 Å². The molecule has 0 aliphatic heterocycles. The molecule has 0 aliphatic rings. The lowest BCUT2D eigenvalue weighted by atomic mass is 10.3. The van der Waals surface area contributed by atoms with E-state index in [-0.39, 0.29) is 23.6 Å². The van der Waals surface area contributed by atoms with E-state index in [1.165, 1.54) is 0 Å². The molecule has 0 unspecified atom stereocenters. The van der Waals surface area contributed by atoms with Crippen molar-refractivity contribution >= 4 is 92.8 Å². The molecule has 2 rings (SSSR count). The quantitative estimate of drug-likeness (QED) is 0.506. The van der Waals surface area contributed by atoms with Crippen LogP contribution in [0.3, 0.4) is 0 Å². The van der Waals surface area contributed by atoms with Crippen molar-refractivity contribution in [3.05, 3.63) is 56.5 Å². The smallest absolute Gasteiger partial charge is 0.239 e. The molecule has 140 valence electrons. The van der Waals surface area contributed by atoms with Gasteiger partial charge >= 0.3 is 0 Å². The first kappa shape index (κ1) is 23.2. The maximum absolute atomic E-state index is 10.9. The second-order valence-corrected chi connectivity index (χ2v) is 6.83. The Morgan fingerprint density at radius 3 is 1.31 bits per heavy atom. The van der Waals surface area contributed by atoms with E-state index in [0.29, 0.717) is 31.5 Å². The van der Waals surface area contributed by atoms with E-state index in [1.807, 2.05) is 0 Å². The van der Waals surface area contributed by atoms with Gasteiger partial charge in [0.05, 0.1) is 21.4 Å². The average Bonchev–Trinajstić information content (AvgIpc) is 2.60. The Bertz CT molecular complexity index is 720. The number of carbonyl (C=O) groups excluding carboxylic acids is 2. The number of anilines is 2. The minimum Gasteiger partial charge on any atom is -0.324 e. The maximum atomic E-state index is 10.9. The first-order chi connectivity index (χ1) is 12.3. The van der Waals surface area contributed by atoms with Gasteiger partial charge in [-0.25, -0.2) is 0 Å². The number of hydrogen-bond acceptors (Lipinski definition) is 2. The average molecular weight is 477 g/mol. The van der Waals surface area contributed by atoms with Crippen molar-refractivity contribution < 1.29 is 9.59 Å². The number of nitrogens with one attached hydrogen (secondary N) is 2. The Hall–Kier alpha value is -0.880. The molecule has 0 aromatic heterocycles. The van der Waals surface area contributed by atoms with Crippen LogP contribution in [0.25, 0.3) is 0 Å². The number of carbonyl (C=O) groups is 2. The van der Waals surface area contributed by atoms with Crippen LogP contribution >= 0.6 is 69.6 Å². The molecule has 2 N–H and O–H groups in total. The highest BCUT2D eigenvalue weighted by molar-refractivity contribution is 6.38. The van der Waals surface area contributed by atoms with Crippen LogP contribution in [-0.4, -0.2) is 23.6 Å². The van der Waals surface area contributed by atoms with Crippen molar-refractivity contribution in [3.63, 3.8) is 0 Å². The third-order valence-corrected chi connectivity index (χ3v) is 4.23. The Balaban J connectivity index is 0.000000260. The van der Waals surface area contributed by atoms with Gasteiger partial charge in [-0.05, 0) is 36.4 Å². The molecule has 0 fully saturated rings. The fourth-order valence-corrected chi connectivity index (χ4v) is 2.59. The molecule has 26 heavy (non-hydrogen) atoms. The highest BCUT2D eigenvalue weighted by Gasteiger charge is 2.05. The van der Waals surface area contributed by atoms with Gasteiger partial charge in [0.15, 0.2) is 0 Å². The fourth-order valence-electron chi connectivity index (χ4n) is 1.55. The van der Waals surface area contributed by atoms with Gasteiger partial charge in [0, 0.05) is 10.0 Å². The third kappa shape index (κ3) is 8.21. The van der Waals surface area contributed by atoms with Gasteiger partial charge in [0.2, 0.25) is 11.8 Å². The Morgan fingerprint density at radius 2 is 1.04 bits per heavy atom. The molecular weight excluding hydrogens is 465 g/mol. The van der Waals surface area contributed by atoms with E-state index in [4.69, 9.17) is 69.6 Å². The topological polar surface area (TPSA) is 58.2 Å². The molecule has 2 aromatic carbocycles. The predicted molar refractivity (Wildman–Crippen MR) is 112 cm³/mol. The standard InChI is InChI=1S/2C8H6Cl3NO/c2*9-4-8(13)12-7-2-1-5(10)3-6(7)11/h2*1-3H,4H2,(H,12,13). The summed E-state index contributed by atoms with van der Waals surface area (Å²) < 4.78 is 0. The third-order valence-electron chi connectivity index (χ3n) is 2.65. The summed E-state index contributed by atoms with van der Waals surface area (Å²) in [5.41, 5.74) is 1.02. The van der Waals surface area contributed by atoms with Gasteiger partial charge in [-0.15, -0.1) is 23.2 Å². The maximum Gasteiger partial charge on any atom is 0.239 e. The van der Waals surface area contributed by atoms with Crippen LogP contribution < -0.4 is 10.6 Å². The minimum atomic E-state index is -0.300. The molecular formula is C16H12Cl6N2O2. The zero-order valence-electron chi connectivity index (χ0n) is 13.0. The Morgan fingerprint density at radius 1 is 0.692 bits per heavy atom. The van der Waals surface area contributed by atoms with Crippen LogP contribution in [0.4, 0.5) is 11.4 Å². The predicted octanol–water partition coefficient (Wildman–Crippen LogP) is 6.34. The highest BCUT2D eigenvalue weighted by atomic mass is 35.5. The largest absolute Gasteiger partial charge is 0.324 e. The number of benzene rings is 2. The van der Waals surface area contributed by atoms with E-state index < -0.39 is 0 Å². The van der Waals surface area contributed by atoms with Gasteiger partial charge in [-0.3, -0.25) is 9.59 Å². The molecule has 0 aliphatic carbocycles. The lowest BCUT2D eigenvalue weighted by Gasteiger charge is -2.04. The van der Waals surface area contributed by atoms with Crippen molar-refractivity contribution in [2.45, 2.75) is 0 Å². The summed E-state index contributed by atoms with van der Waals surface area (Å²) in [5.74, 6) is -0.797. The van der Waals surface area contributed by atoms with E-state index in [1.54, 1.807) is 36.4 Å². The first-order valence-electron chi connectivity index (χ1n) is 6.88. The van der Waals surface area contributed by atoms with Crippen molar-refractivity contribution in [2.24, 2.45) is 0 Å². The lowest BCUT2D eigenvalue weighted by Crippen LogP contribution is -2.12. The summed E-state index contributed by atoms with van der Waals surface area (Å²) >= 11 is 33.5. The first-order valence-corrected chi connectivity index (χ1v) is 9.46. The summed E-state index contributed by atoms with van der Waals surface area (Å²) in [6.07, 6.45) is 0. The zero-order chi connectivity index (χ0) is 19.7. The molecule has 0 bridgehead atoms. The van der Waals surface area contributed by atoms with Gasteiger partial charge in [-0.1, -0.05) is 46.4 Å². The second-order valence-electron chi connectivity index (χ2n) is 4.61. The van der Waals surface area contributed by atoms with Gasteiger partial charge < -0.3 is 10.6 Å². The Labute approximate surface area is 180 Å². The summed E-state index contributed by atoms with van der Waals surface area (Å²) in [6, 6.07) is 9.61. The van der Waals surface area contributed by atoms with Crippen LogP contribution in [0.1, 0.15) is 0 Å². The molecule has 0 atom stereocenters. The molecule has 4 nitrogen and oxygen atoms in total. The van der Waals surface area contributed by atoms with Crippen LogP contribution in [0.5, 0.6) is 0 Å². The molecule has 0 saturated carbocycles. The molecule has 2 aromatic rings. The van der Waals surface area contributed by atoms with Crippen LogP contribution in [0.15, 0.2) is 36.4 Å². The lowest BCUT2D eigenvalue weighted by molar-refractivity contribution is -0.114. The summed E-state index contributed by atoms with van der Waals surface area (Å²) in [5, 5.41) is 6.88. The van der Waals surface area contributed by atoms with E-state index in [2.05, 4.69) is 10.6 Å². The fraction of sp³-hybridized carbons (Fsp3) is 0.125. The molecule has 0 radical (unpaired) electrons. The van der Waals surface area contributed by atoms with Gasteiger partial charge in [0.1, 0.15) is 11.8 Å². The summed E-state index contributed by atoms with van der Waals surface area (Å²) in [4.78, 5) is 21.8. The van der Waals surface area contributed by atoms with Crippen molar-refractivity contribution in [1.29, 1.82) is 0 Å². The monoisotopic (exact) mass is 474 g/mol.